The topological polar surface area (TPSA) is 162 Å². The van der Waals surface area contributed by atoms with Crippen molar-refractivity contribution in [1.29, 1.82) is 5.26 Å². The Morgan fingerprint density at radius 2 is 2.09 bits per heavy atom. The van der Waals surface area contributed by atoms with Crippen molar-refractivity contribution in [3.63, 3.8) is 0 Å². The molecule has 5 aromatic heterocycles. The monoisotopic (exact) mass is 639 g/mol. The van der Waals surface area contributed by atoms with Crippen LogP contribution >= 0.6 is 0 Å². The van der Waals surface area contributed by atoms with Crippen LogP contribution in [0.25, 0.3) is 33.3 Å². The van der Waals surface area contributed by atoms with Gasteiger partial charge in [0, 0.05) is 41.0 Å². The van der Waals surface area contributed by atoms with Crippen LogP contribution in [0.1, 0.15) is 43.6 Å². The summed E-state index contributed by atoms with van der Waals surface area (Å²) in [7, 11) is 1.17. The first kappa shape index (κ1) is 24.9. The molecule has 0 saturated heterocycles. The second kappa shape index (κ2) is 10.6. The van der Waals surface area contributed by atoms with Gasteiger partial charge >= 0.3 is 18.1 Å². The molecular formula is C29H28F3N11O3. The van der Waals surface area contributed by atoms with Crippen LogP contribution in [-0.4, -0.2) is 57.9 Å². The predicted molar refractivity (Wildman–Crippen MR) is 158 cm³/mol. The number of hydrogen-bond acceptors (Lipinski definition) is 9. The lowest BCUT2D eigenvalue weighted by atomic mass is 10.1. The fourth-order valence-electron chi connectivity index (χ4n) is 5.83. The summed E-state index contributed by atoms with van der Waals surface area (Å²) < 4.78 is 81.0. The van der Waals surface area contributed by atoms with E-state index in [0.29, 0.717) is 22.9 Å². The number of alkyl carbamates (subject to hydrolysis) is 1. The van der Waals surface area contributed by atoms with Crippen molar-refractivity contribution in [3.05, 3.63) is 47.3 Å². The smallest absolute Gasteiger partial charge is 0.453 e. The van der Waals surface area contributed by atoms with E-state index in [2.05, 4.69) is 41.6 Å². The fourth-order valence-corrected chi connectivity index (χ4v) is 5.83. The van der Waals surface area contributed by atoms with Crippen molar-refractivity contribution < 1.29 is 28.2 Å². The van der Waals surface area contributed by atoms with E-state index in [1.54, 1.807) is 12.1 Å². The molecule has 7 rings (SSSR count). The molecule has 0 aromatic carbocycles. The second-order valence-corrected chi connectivity index (χ2v) is 11.4. The molecule has 5 aromatic rings. The lowest BCUT2D eigenvalue weighted by Crippen LogP contribution is -2.33. The number of imidazole rings is 1. The van der Waals surface area contributed by atoms with Crippen LogP contribution in [0.15, 0.2) is 41.6 Å². The maximum atomic E-state index is 13.6. The SMILES string of the molecule is [2H]C1(NC(=O)OC)CC[C@@H](n2c(=O)n(C([2H])([2H])[2H])c3cnc(Nc4ccc5nn(CC6(C#N)CC6)c(-c6cnn(C(F)(F)F)c6)c5n4)cc32)C1. The minimum Gasteiger partial charge on any atom is -0.453 e. The molecule has 2 aliphatic carbocycles. The van der Waals surface area contributed by atoms with Crippen molar-refractivity contribution in [1.82, 2.24) is 44.0 Å². The minimum absolute atomic E-state index is 0.00377. The third kappa shape index (κ3) is 5.08. The van der Waals surface area contributed by atoms with Crippen LogP contribution in [-0.2, 0) is 24.6 Å². The molecule has 1 amide bonds. The van der Waals surface area contributed by atoms with Crippen LogP contribution in [0.3, 0.4) is 0 Å². The number of nitrogens with zero attached hydrogens (tertiary/aromatic N) is 9. The van der Waals surface area contributed by atoms with Gasteiger partial charge in [0.05, 0.1) is 55.6 Å². The summed E-state index contributed by atoms with van der Waals surface area (Å²) in [6.45, 7) is -2.72. The number of ether oxygens (including phenoxy) is 1. The van der Waals surface area contributed by atoms with Gasteiger partial charge in [-0.25, -0.2) is 19.6 Å². The average Bonchev–Trinajstić information content (AvgIpc) is 3.34. The Morgan fingerprint density at radius 1 is 1.26 bits per heavy atom. The van der Waals surface area contributed by atoms with Crippen LogP contribution in [0, 0.1) is 16.7 Å². The van der Waals surface area contributed by atoms with Gasteiger partial charge in [-0.3, -0.25) is 13.8 Å². The summed E-state index contributed by atoms with van der Waals surface area (Å²) in [4.78, 5) is 34.4. The first-order valence-electron chi connectivity index (χ1n) is 16.2. The number of amides is 1. The number of aromatic nitrogens is 8. The average molecular weight is 640 g/mol. The molecule has 5 heterocycles. The van der Waals surface area contributed by atoms with Gasteiger partial charge in [0.1, 0.15) is 22.7 Å². The third-order valence-corrected chi connectivity index (χ3v) is 8.35. The zero-order valence-electron chi connectivity index (χ0n) is 28.2. The van der Waals surface area contributed by atoms with Crippen molar-refractivity contribution >= 4 is 39.8 Å². The summed E-state index contributed by atoms with van der Waals surface area (Å²) in [5.41, 5.74) is -0.408. The number of fused-ring (bicyclic) bond motifs is 2. The first-order chi connectivity index (χ1) is 23.5. The molecule has 14 nitrogen and oxygen atoms in total. The number of hydrogen-bond donors (Lipinski definition) is 2. The highest BCUT2D eigenvalue weighted by Crippen LogP contribution is 2.47. The number of nitriles is 1. The van der Waals surface area contributed by atoms with E-state index in [-0.39, 0.29) is 69.9 Å². The third-order valence-electron chi connectivity index (χ3n) is 8.35. The molecule has 0 aliphatic heterocycles. The molecule has 2 fully saturated rings. The van der Waals surface area contributed by atoms with E-state index in [1.165, 1.54) is 28.6 Å². The number of rotatable bonds is 7. The highest BCUT2D eigenvalue weighted by molar-refractivity contribution is 5.91. The zero-order chi connectivity index (χ0) is 35.8. The van der Waals surface area contributed by atoms with Crippen LogP contribution in [0.4, 0.5) is 29.6 Å². The second-order valence-electron chi connectivity index (χ2n) is 11.4. The molecule has 2 aliphatic rings. The van der Waals surface area contributed by atoms with Gasteiger partial charge in [0.15, 0.2) is 0 Å². The Balaban J connectivity index is 1.28. The maximum absolute atomic E-state index is 13.6. The van der Waals surface area contributed by atoms with Crippen molar-refractivity contribution in [2.75, 3.05) is 12.4 Å². The van der Waals surface area contributed by atoms with Gasteiger partial charge in [-0.15, -0.1) is 13.2 Å². The van der Waals surface area contributed by atoms with E-state index in [1.807, 2.05) is 0 Å². The highest BCUT2D eigenvalue weighted by Gasteiger charge is 2.44. The van der Waals surface area contributed by atoms with Gasteiger partial charge in [-0.2, -0.15) is 20.1 Å². The number of carbonyl (C=O) groups excluding carboxylic acids is 1. The Morgan fingerprint density at radius 3 is 2.78 bits per heavy atom. The number of carbonyl (C=O) groups is 1. The molecule has 0 spiro atoms. The van der Waals surface area contributed by atoms with Gasteiger partial charge < -0.3 is 15.4 Å². The van der Waals surface area contributed by atoms with E-state index in [4.69, 9.17) is 5.48 Å². The number of nitrogens with one attached hydrogen (secondary N) is 2. The van der Waals surface area contributed by atoms with E-state index >= 15 is 0 Å². The number of pyridine rings is 2. The number of alkyl halides is 3. The molecule has 2 atom stereocenters. The van der Waals surface area contributed by atoms with Gasteiger partial charge in [-0.05, 0) is 44.2 Å². The van der Waals surface area contributed by atoms with E-state index < -0.39 is 42.5 Å². The standard InChI is InChI=1S/C29H28F3N11O3/c1-40-21-12-34-23(10-20(21)43(27(40)45)18-4-3-17(9-18)36-26(44)46-2)37-22-6-5-19-24(38-22)25(16-11-35-42(13-16)29(30,31)32)41(39-19)15-28(14-33)7-8-28/h5-6,10-13,17-18H,3-4,7-9,15H2,1-2H3,(H,36,44)(H,34,37,38)/t17?,18-/m1/s1/i1D3,17D. The van der Waals surface area contributed by atoms with Crippen molar-refractivity contribution in [2.24, 2.45) is 12.4 Å². The minimum atomic E-state index is -4.76. The zero-order valence-corrected chi connectivity index (χ0v) is 24.2. The molecule has 1 unspecified atom stereocenters. The summed E-state index contributed by atoms with van der Waals surface area (Å²) >= 11 is 0. The summed E-state index contributed by atoms with van der Waals surface area (Å²) in [5.74, 6) is 0.358. The quantitative estimate of drug-likeness (QED) is 0.264. The molecule has 0 bridgehead atoms. The molecule has 17 heteroatoms. The van der Waals surface area contributed by atoms with Gasteiger partial charge in [-0.1, -0.05) is 0 Å². The summed E-state index contributed by atoms with van der Waals surface area (Å²) in [6, 6.07) is 4.79. The number of aryl methyl sites for hydroxylation is 1. The Bertz CT molecular complexity index is 2270. The lowest BCUT2D eigenvalue weighted by molar-refractivity contribution is -0.212. The molecular weight excluding hydrogens is 607 g/mol. The molecule has 0 radical (unpaired) electrons. The van der Waals surface area contributed by atoms with Gasteiger partial charge in [0.2, 0.25) is 0 Å². The summed E-state index contributed by atoms with van der Waals surface area (Å²) in [5, 5.41) is 23.2. The largest absolute Gasteiger partial charge is 0.504 e. The van der Waals surface area contributed by atoms with Crippen LogP contribution in [0.2, 0.25) is 0 Å². The Hall–Kier alpha value is -5.40. The van der Waals surface area contributed by atoms with Crippen LogP contribution < -0.4 is 16.3 Å². The van der Waals surface area contributed by atoms with Crippen molar-refractivity contribution in [2.45, 2.75) is 57.0 Å². The molecule has 2 saturated carbocycles. The Labute approximate surface area is 264 Å². The van der Waals surface area contributed by atoms with E-state index in [9.17, 15) is 28.0 Å². The molecule has 238 valence electrons. The highest BCUT2D eigenvalue weighted by atomic mass is 19.4. The van der Waals surface area contributed by atoms with Crippen LogP contribution in [0.5, 0.6) is 0 Å². The number of anilines is 2. The van der Waals surface area contributed by atoms with Gasteiger partial charge in [0.25, 0.3) is 0 Å². The fraction of sp³-hybridized carbons (Fsp3) is 0.414. The first-order valence-corrected chi connectivity index (χ1v) is 14.2. The molecule has 46 heavy (non-hydrogen) atoms. The Kier molecular flexibility index (Phi) is 5.73. The molecule has 2 N–H and O–H groups in total. The van der Waals surface area contributed by atoms with Crippen molar-refractivity contribution in [3.8, 4) is 17.3 Å². The maximum Gasteiger partial charge on any atom is 0.504 e. The summed E-state index contributed by atoms with van der Waals surface area (Å²) in [6.07, 6.45) is -0.782. The normalized spacial score (nSPS) is 22.1. The number of halogens is 3. The predicted octanol–water partition coefficient (Wildman–Crippen LogP) is 4.32. The number of methoxy groups -OCH3 is 1. The van der Waals surface area contributed by atoms with E-state index in [0.717, 1.165) is 12.4 Å². The lowest BCUT2D eigenvalue weighted by Gasteiger charge is -2.14.